The largest absolute Gasteiger partial charge is 0.493 e. The first-order valence-corrected chi connectivity index (χ1v) is 7.29. The van der Waals surface area contributed by atoms with Crippen molar-refractivity contribution in [2.45, 2.75) is 13.8 Å². The van der Waals surface area contributed by atoms with E-state index >= 15 is 0 Å². The Morgan fingerprint density at radius 2 is 1.95 bits per heavy atom. The molecule has 1 heterocycles. The number of rotatable bonds is 5. The van der Waals surface area contributed by atoms with Gasteiger partial charge in [-0.15, -0.1) is 11.3 Å². The van der Waals surface area contributed by atoms with E-state index in [4.69, 9.17) is 14.2 Å². The van der Waals surface area contributed by atoms with Crippen LogP contribution in [0.25, 0.3) is 10.6 Å². The normalized spacial score (nSPS) is 10.3. The molecular weight excluding hydrogens is 290 g/mol. The van der Waals surface area contributed by atoms with E-state index in [2.05, 4.69) is 4.98 Å². The van der Waals surface area contributed by atoms with Gasteiger partial charge < -0.3 is 14.2 Å². The maximum absolute atomic E-state index is 11.8. The Labute approximate surface area is 127 Å². The summed E-state index contributed by atoms with van der Waals surface area (Å²) < 4.78 is 15.5. The maximum atomic E-state index is 11.8. The van der Waals surface area contributed by atoms with Crippen LogP contribution in [-0.2, 0) is 4.74 Å². The number of carbonyl (C=O) groups excluding carboxylic acids is 1. The van der Waals surface area contributed by atoms with Gasteiger partial charge in [-0.3, -0.25) is 0 Å². The highest BCUT2D eigenvalue weighted by atomic mass is 32.1. The second kappa shape index (κ2) is 6.58. The minimum Gasteiger partial charge on any atom is -0.493 e. The van der Waals surface area contributed by atoms with Gasteiger partial charge >= 0.3 is 5.97 Å². The molecular formula is C15H17NO4S. The summed E-state index contributed by atoms with van der Waals surface area (Å²) in [4.78, 5) is 16.8. The van der Waals surface area contributed by atoms with E-state index in [-0.39, 0.29) is 5.97 Å². The molecule has 1 aromatic heterocycles. The van der Waals surface area contributed by atoms with Crippen LogP contribution in [0.4, 0.5) is 0 Å². The predicted octanol–water partition coefficient (Wildman–Crippen LogP) is 3.31. The molecule has 6 heteroatoms. The molecule has 2 rings (SSSR count). The molecule has 0 aliphatic heterocycles. The summed E-state index contributed by atoms with van der Waals surface area (Å²) in [6.45, 7) is 3.93. The number of methoxy groups -OCH3 is 2. The van der Waals surface area contributed by atoms with Gasteiger partial charge in [0.2, 0.25) is 0 Å². The van der Waals surface area contributed by atoms with E-state index in [0.29, 0.717) is 28.7 Å². The lowest BCUT2D eigenvalue weighted by Gasteiger charge is -2.08. The topological polar surface area (TPSA) is 57.7 Å². The highest BCUT2D eigenvalue weighted by molar-refractivity contribution is 7.17. The van der Waals surface area contributed by atoms with E-state index in [1.165, 1.54) is 11.3 Å². The molecule has 0 bridgehead atoms. The molecule has 21 heavy (non-hydrogen) atoms. The van der Waals surface area contributed by atoms with Crippen LogP contribution in [0.1, 0.15) is 22.3 Å². The van der Waals surface area contributed by atoms with Crippen LogP contribution in [0, 0.1) is 6.92 Å². The minimum absolute atomic E-state index is 0.334. The standard InChI is InChI=1S/C15H17NO4S/c1-5-20-15(17)13-9(2)16-14(21-13)10-6-7-11(18-3)12(8-10)19-4/h6-8H,5H2,1-4H3. The van der Waals surface area contributed by atoms with Gasteiger partial charge in [-0.2, -0.15) is 0 Å². The third-order valence-corrected chi connectivity index (χ3v) is 4.07. The zero-order chi connectivity index (χ0) is 15.4. The third-order valence-electron chi connectivity index (χ3n) is 2.89. The van der Waals surface area contributed by atoms with Crippen molar-refractivity contribution >= 4 is 17.3 Å². The van der Waals surface area contributed by atoms with Crippen LogP contribution in [0.15, 0.2) is 18.2 Å². The van der Waals surface area contributed by atoms with E-state index in [9.17, 15) is 4.79 Å². The summed E-state index contributed by atoms with van der Waals surface area (Å²) in [5, 5.41) is 0.747. The van der Waals surface area contributed by atoms with Crippen molar-refractivity contribution in [1.29, 1.82) is 0 Å². The van der Waals surface area contributed by atoms with E-state index in [0.717, 1.165) is 10.6 Å². The van der Waals surface area contributed by atoms with Crippen molar-refractivity contribution < 1.29 is 19.0 Å². The fraction of sp³-hybridized carbons (Fsp3) is 0.333. The van der Waals surface area contributed by atoms with E-state index in [1.807, 2.05) is 18.2 Å². The first-order chi connectivity index (χ1) is 10.1. The average Bonchev–Trinajstić information content (AvgIpc) is 2.88. The number of benzene rings is 1. The number of esters is 1. The summed E-state index contributed by atoms with van der Waals surface area (Å²) in [6.07, 6.45) is 0. The number of aromatic nitrogens is 1. The average molecular weight is 307 g/mol. The highest BCUT2D eigenvalue weighted by Crippen LogP contribution is 2.35. The highest BCUT2D eigenvalue weighted by Gasteiger charge is 2.18. The Bertz CT molecular complexity index is 651. The lowest BCUT2D eigenvalue weighted by molar-refractivity contribution is 0.0531. The van der Waals surface area contributed by atoms with Crippen LogP contribution in [-0.4, -0.2) is 31.8 Å². The molecule has 0 radical (unpaired) electrons. The second-order valence-electron chi connectivity index (χ2n) is 4.22. The first kappa shape index (κ1) is 15.3. The molecule has 0 aliphatic carbocycles. The summed E-state index contributed by atoms with van der Waals surface area (Å²) in [7, 11) is 3.17. The zero-order valence-electron chi connectivity index (χ0n) is 12.4. The monoisotopic (exact) mass is 307 g/mol. The van der Waals surface area contributed by atoms with E-state index < -0.39 is 0 Å². The molecule has 0 fully saturated rings. The molecule has 0 atom stereocenters. The number of thiazole rings is 1. The van der Waals surface area contributed by atoms with Gasteiger partial charge in [-0.05, 0) is 32.0 Å². The molecule has 0 saturated heterocycles. The maximum Gasteiger partial charge on any atom is 0.350 e. The molecule has 0 unspecified atom stereocenters. The van der Waals surface area contributed by atoms with E-state index in [1.54, 1.807) is 28.1 Å². The molecule has 0 spiro atoms. The van der Waals surface area contributed by atoms with Crippen LogP contribution < -0.4 is 9.47 Å². The smallest absolute Gasteiger partial charge is 0.350 e. The number of ether oxygens (including phenoxy) is 3. The van der Waals surface area contributed by atoms with Crippen molar-refractivity contribution in [2.24, 2.45) is 0 Å². The molecule has 0 saturated carbocycles. The fourth-order valence-electron chi connectivity index (χ4n) is 1.88. The molecule has 0 amide bonds. The SMILES string of the molecule is CCOC(=O)c1sc(-c2ccc(OC)c(OC)c2)nc1C. The first-order valence-electron chi connectivity index (χ1n) is 6.47. The van der Waals surface area contributed by atoms with Crippen molar-refractivity contribution in [3.63, 3.8) is 0 Å². The Morgan fingerprint density at radius 3 is 2.57 bits per heavy atom. The minimum atomic E-state index is -0.334. The summed E-state index contributed by atoms with van der Waals surface area (Å²) in [6, 6.07) is 5.54. The van der Waals surface area contributed by atoms with Crippen LogP contribution in [0.2, 0.25) is 0 Å². The Hall–Kier alpha value is -2.08. The van der Waals surface area contributed by atoms with Crippen molar-refractivity contribution in [1.82, 2.24) is 4.98 Å². The Kier molecular flexibility index (Phi) is 4.80. The number of hydrogen-bond donors (Lipinski definition) is 0. The van der Waals surface area contributed by atoms with Gasteiger partial charge in [0, 0.05) is 5.56 Å². The molecule has 0 N–H and O–H groups in total. The molecule has 2 aromatic rings. The quantitative estimate of drug-likeness (QED) is 0.793. The van der Waals surface area contributed by atoms with Crippen molar-refractivity contribution in [3.05, 3.63) is 28.8 Å². The van der Waals surface area contributed by atoms with Crippen molar-refractivity contribution in [2.75, 3.05) is 20.8 Å². The van der Waals surface area contributed by atoms with Gasteiger partial charge in [-0.1, -0.05) is 0 Å². The Morgan fingerprint density at radius 1 is 1.24 bits per heavy atom. The number of nitrogens with zero attached hydrogens (tertiary/aromatic N) is 1. The zero-order valence-corrected chi connectivity index (χ0v) is 13.2. The van der Waals surface area contributed by atoms with Crippen LogP contribution in [0.5, 0.6) is 11.5 Å². The van der Waals surface area contributed by atoms with Crippen LogP contribution in [0.3, 0.4) is 0 Å². The van der Waals surface area contributed by atoms with Gasteiger partial charge in [0.1, 0.15) is 9.88 Å². The molecule has 112 valence electrons. The van der Waals surface area contributed by atoms with Gasteiger partial charge in [0.15, 0.2) is 11.5 Å². The number of aryl methyl sites for hydroxylation is 1. The Balaban J connectivity index is 2.39. The lowest BCUT2D eigenvalue weighted by Crippen LogP contribution is -2.03. The summed E-state index contributed by atoms with van der Waals surface area (Å²) in [5.74, 6) is 0.944. The number of hydrogen-bond acceptors (Lipinski definition) is 6. The predicted molar refractivity (Wildman–Crippen MR) is 81.3 cm³/mol. The van der Waals surface area contributed by atoms with Gasteiger partial charge in [0.05, 0.1) is 26.5 Å². The number of carbonyl (C=O) groups is 1. The molecule has 5 nitrogen and oxygen atoms in total. The fourth-order valence-corrected chi connectivity index (χ4v) is 2.83. The van der Waals surface area contributed by atoms with Gasteiger partial charge in [-0.25, -0.2) is 9.78 Å². The second-order valence-corrected chi connectivity index (χ2v) is 5.22. The summed E-state index contributed by atoms with van der Waals surface area (Å²) in [5.41, 5.74) is 1.54. The van der Waals surface area contributed by atoms with Crippen molar-refractivity contribution in [3.8, 4) is 22.1 Å². The lowest BCUT2D eigenvalue weighted by atomic mass is 10.2. The molecule has 1 aromatic carbocycles. The summed E-state index contributed by atoms with van der Waals surface area (Å²) >= 11 is 1.31. The van der Waals surface area contributed by atoms with Gasteiger partial charge in [0.25, 0.3) is 0 Å². The molecule has 0 aliphatic rings. The van der Waals surface area contributed by atoms with Crippen LogP contribution >= 0.6 is 11.3 Å². The third kappa shape index (κ3) is 3.16.